The molecule has 34 valence electrons. The molecule has 0 aliphatic carbocycles. The van der Waals surface area contributed by atoms with Crippen LogP contribution in [0.15, 0.2) is 0 Å². The van der Waals surface area contributed by atoms with Gasteiger partial charge in [-0.15, -0.1) is 0 Å². The average molecular weight is 160 g/mol. The van der Waals surface area contributed by atoms with E-state index in [0.29, 0.717) is 0 Å². The molecule has 0 atom stereocenters. The Morgan fingerprint density at radius 2 is 1.57 bits per heavy atom. The Bertz CT molecular complexity index is 99.2. The van der Waals surface area contributed by atoms with Gasteiger partial charge in [0.05, 0.1) is 0 Å². The third-order valence-corrected chi connectivity index (χ3v) is 0. The molecule has 4 nitrogen and oxygen atoms in total. The zero-order valence-electron chi connectivity index (χ0n) is 5.08. The monoisotopic (exact) mass is 160 g/mol. The molecule has 0 spiro atoms. The molecular weight excluding hydrogens is 158 g/mol. The first-order chi connectivity index (χ1) is 2.00. The molecule has 0 aliphatic heterocycles. The van der Waals surface area contributed by atoms with E-state index in [1.807, 2.05) is 0 Å². The molecule has 0 fully saturated rings. The van der Waals surface area contributed by atoms with E-state index >= 15 is 0 Å². The van der Waals surface area contributed by atoms with E-state index in [2.05, 4.69) is 0 Å². The molecule has 7 heteroatoms. The second kappa shape index (κ2) is 6.62. The van der Waals surface area contributed by atoms with Crippen LogP contribution in [0.4, 0.5) is 0 Å². The predicted molar refractivity (Wildman–Crippen MR) is 13.4 cm³/mol. The number of hydrogen-bond donors (Lipinski definition) is 1. The Labute approximate surface area is 108 Å². The Morgan fingerprint density at radius 1 is 1.57 bits per heavy atom. The summed E-state index contributed by atoms with van der Waals surface area (Å²) >= 11 is 0. The first kappa shape index (κ1) is 16.2. The molecule has 0 heterocycles. The number of hydrogen-bond acceptors (Lipinski definition) is 3. The Morgan fingerprint density at radius 3 is 1.57 bits per heavy atom. The maximum atomic E-state index is 8.63. The molecule has 0 amide bonds. The van der Waals surface area contributed by atoms with Gasteiger partial charge in [0.15, 0.2) is 0 Å². The molecule has 0 radical (unpaired) electrons. The minimum Gasteiger partial charge on any atom is -1.00 e. The molecule has 0 saturated carbocycles. The quantitative estimate of drug-likeness (QED) is 0.217. The summed E-state index contributed by atoms with van der Waals surface area (Å²) in [6, 6.07) is 0. The maximum Gasteiger partial charge on any atom is 1.00 e. The van der Waals surface area contributed by atoms with Crippen LogP contribution in [0.2, 0.25) is 0 Å². The van der Waals surface area contributed by atoms with Crippen molar-refractivity contribution in [1.29, 1.82) is 0 Å². The summed E-state index contributed by atoms with van der Waals surface area (Å²) in [5, 5.41) is 0. The first-order valence-corrected chi connectivity index (χ1v) is 2.05. The average Bonchev–Trinajstić information content (AvgIpc) is 0.722. The van der Waals surface area contributed by atoms with Gasteiger partial charge >= 0.3 is 80.9 Å². The van der Waals surface area contributed by atoms with Crippen molar-refractivity contribution in [2.45, 2.75) is 0 Å². The minimum atomic E-state index is -4.92. The Hall–Kier alpha value is 2.51. The third-order valence-electron chi connectivity index (χ3n) is 0. The molecule has 0 aliphatic rings. The van der Waals surface area contributed by atoms with Crippen molar-refractivity contribution in [3.05, 3.63) is 0 Å². The third kappa shape index (κ3) is 57.3. The van der Waals surface area contributed by atoms with Crippen LogP contribution in [-0.2, 0) is 10.4 Å². The van der Waals surface area contributed by atoms with E-state index < -0.39 is 10.4 Å². The van der Waals surface area contributed by atoms with Crippen molar-refractivity contribution in [3.8, 4) is 0 Å². The van der Waals surface area contributed by atoms with E-state index in [-0.39, 0.29) is 82.4 Å². The van der Waals surface area contributed by atoms with Gasteiger partial charge in [0.2, 0.25) is 10.4 Å². The Kier molecular flexibility index (Phi) is 15.4. The van der Waals surface area contributed by atoms with Crippen molar-refractivity contribution < 1.29 is 99.9 Å². The van der Waals surface area contributed by atoms with Gasteiger partial charge in [-0.1, -0.05) is 0 Å². The van der Waals surface area contributed by atoms with Crippen LogP contribution >= 0.6 is 0 Å². The molecule has 0 unspecified atom stereocenters. The van der Waals surface area contributed by atoms with E-state index in [4.69, 9.17) is 17.5 Å². The largest absolute Gasteiger partial charge is 1.00 e. The molecule has 0 rings (SSSR count). The summed E-state index contributed by atoms with van der Waals surface area (Å²) in [5.41, 5.74) is 0. The fourth-order valence-corrected chi connectivity index (χ4v) is 0. The summed E-state index contributed by atoms with van der Waals surface area (Å²) in [4.78, 5) is 0. The maximum absolute atomic E-state index is 8.63. The van der Waals surface area contributed by atoms with Gasteiger partial charge in [-0.2, -0.15) is 0 Å². The van der Waals surface area contributed by atoms with Crippen molar-refractivity contribution in [3.63, 3.8) is 0 Å². The van der Waals surface area contributed by atoms with Crippen LogP contribution in [0.25, 0.3) is 0 Å². The normalized spacial score (nSPS) is 8.29. The Balaban J connectivity index is -0.0000000267. The van der Waals surface area contributed by atoms with Crippen LogP contribution in [0.1, 0.15) is 1.43 Å². The standard InChI is InChI=1S/K.Na.H2O4S.H/c;;1-5(2,3)4;/h;;(H2,1,2,3,4);/q2*+1;;-1/p-1. The second-order valence-corrected chi connectivity index (χ2v) is 1.28. The van der Waals surface area contributed by atoms with Gasteiger partial charge in [0, 0.05) is 0 Å². The zero-order chi connectivity index (χ0) is 4.50. The van der Waals surface area contributed by atoms with Gasteiger partial charge in [0.25, 0.3) is 0 Å². The minimum absolute atomic E-state index is 0. The fourth-order valence-electron chi connectivity index (χ4n) is 0. The molecule has 1 N–H and O–H groups in total. The fraction of sp³-hybridized carbons (Fsp3) is 0. The van der Waals surface area contributed by atoms with Crippen LogP contribution in [0.5, 0.6) is 0 Å². The predicted octanol–water partition coefficient (Wildman–Crippen LogP) is -6.87. The summed E-state index contributed by atoms with van der Waals surface area (Å²) < 4.78 is 32.8. The summed E-state index contributed by atoms with van der Waals surface area (Å²) in [7, 11) is -4.92. The van der Waals surface area contributed by atoms with Gasteiger partial charge in [-0.3, -0.25) is 4.55 Å². The molecule has 0 bridgehead atoms. The number of rotatable bonds is 0. The van der Waals surface area contributed by atoms with E-state index in [1.165, 1.54) is 0 Å². The van der Waals surface area contributed by atoms with Gasteiger partial charge in [-0.05, 0) is 0 Å². The van der Waals surface area contributed by atoms with E-state index in [0.717, 1.165) is 0 Å². The SMILES string of the molecule is O=S(=O)([O-])O.[H-].[K+].[Na+]. The zero-order valence-corrected chi connectivity index (χ0v) is 10.0. The smallest absolute Gasteiger partial charge is 1.00 e. The molecule has 0 aromatic rings. The first-order valence-electron chi connectivity index (χ1n) is 0.683. The van der Waals surface area contributed by atoms with Gasteiger partial charge in [-0.25, -0.2) is 8.42 Å². The van der Waals surface area contributed by atoms with Crippen molar-refractivity contribution in [1.82, 2.24) is 0 Å². The molecular formula is H2KNaO4S. The van der Waals surface area contributed by atoms with E-state index in [9.17, 15) is 0 Å². The summed E-state index contributed by atoms with van der Waals surface area (Å²) in [5.74, 6) is 0. The van der Waals surface area contributed by atoms with Crippen molar-refractivity contribution in [2.75, 3.05) is 0 Å². The van der Waals surface area contributed by atoms with Crippen molar-refractivity contribution in [2.24, 2.45) is 0 Å². The second-order valence-electron chi connectivity index (χ2n) is 0.428. The van der Waals surface area contributed by atoms with Crippen molar-refractivity contribution >= 4 is 10.4 Å². The van der Waals surface area contributed by atoms with Crippen LogP contribution in [-0.4, -0.2) is 17.5 Å². The molecule has 7 heavy (non-hydrogen) atoms. The van der Waals surface area contributed by atoms with E-state index in [1.54, 1.807) is 0 Å². The van der Waals surface area contributed by atoms with Crippen LogP contribution in [0.3, 0.4) is 0 Å². The molecule has 0 aromatic carbocycles. The molecule has 0 saturated heterocycles. The van der Waals surface area contributed by atoms with Crippen LogP contribution < -0.4 is 80.9 Å². The van der Waals surface area contributed by atoms with Crippen LogP contribution in [0, 0.1) is 0 Å². The summed E-state index contributed by atoms with van der Waals surface area (Å²) in [6.45, 7) is 0. The topological polar surface area (TPSA) is 77.4 Å². The summed E-state index contributed by atoms with van der Waals surface area (Å²) in [6.07, 6.45) is 0. The molecule has 0 aromatic heterocycles. The van der Waals surface area contributed by atoms with Gasteiger partial charge in [0.1, 0.15) is 0 Å². The van der Waals surface area contributed by atoms with Gasteiger partial charge < -0.3 is 5.98 Å².